The maximum atomic E-state index is 3.45. The summed E-state index contributed by atoms with van der Waals surface area (Å²) < 4.78 is 0. The van der Waals surface area contributed by atoms with Crippen LogP contribution in [0.2, 0.25) is 0 Å². The van der Waals surface area contributed by atoms with Crippen LogP contribution in [-0.4, -0.2) is 16.3 Å². The van der Waals surface area contributed by atoms with Gasteiger partial charge in [0.25, 0.3) is 0 Å². The van der Waals surface area contributed by atoms with Crippen molar-refractivity contribution in [3.05, 3.63) is 0 Å². The third kappa shape index (κ3) is 4.69. The van der Waals surface area contributed by atoms with Gasteiger partial charge >= 0.3 is 0 Å². The molecule has 0 aromatic rings. The normalized spacial score (nSPS) is 24.3. The van der Waals surface area contributed by atoms with E-state index in [1.165, 1.54) is 43.2 Å². The number of rotatable bonds is 5. The third-order valence-corrected chi connectivity index (χ3v) is 5.45. The Balaban J connectivity index is 1.86. The molecule has 0 aromatic carbocycles. The molecular weight excluding hydrogens is 240 g/mol. The van der Waals surface area contributed by atoms with Gasteiger partial charge in [0.2, 0.25) is 0 Å². The molecule has 0 aliphatic carbocycles. The Morgan fingerprint density at radius 1 is 1.27 bits per heavy atom. The smallest absolute Gasteiger partial charge is 0.0159 e. The number of hydrogen-bond donors (Lipinski definition) is 0. The fourth-order valence-corrected chi connectivity index (χ4v) is 4.63. The predicted octanol–water partition coefficient (Wildman–Crippen LogP) is 4.10. The van der Waals surface area contributed by atoms with Crippen LogP contribution in [0.3, 0.4) is 0 Å². The fraction of sp³-hybridized carbons (Fsp3) is 1.00. The molecular formula is C8H15BrS2. The zero-order valence-corrected chi connectivity index (χ0v) is 9.94. The van der Waals surface area contributed by atoms with Crippen molar-refractivity contribution < 1.29 is 0 Å². The van der Waals surface area contributed by atoms with Gasteiger partial charge in [0.15, 0.2) is 0 Å². The molecule has 3 heteroatoms. The van der Waals surface area contributed by atoms with E-state index in [4.69, 9.17) is 0 Å². The zero-order valence-electron chi connectivity index (χ0n) is 6.72. The van der Waals surface area contributed by atoms with E-state index in [1.807, 2.05) is 0 Å². The molecule has 1 aliphatic rings. The highest BCUT2D eigenvalue weighted by molar-refractivity contribution is 9.09. The summed E-state index contributed by atoms with van der Waals surface area (Å²) in [5.41, 5.74) is 0. The topological polar surface area (TPSA) is 0 Å². The van der Waals surface area contributed by atoms with E-state index in [1.54, 1.807) is 0 Å². The highest BCUT2D eigenvalue weighted by atomic mass is 79.9. The Labute approximate surface area is 85.8 Å². The first kappa shape index (κ1) is 10.3. The summed E-state index contributed by atoms with van der Waals surface area (Å²) >= 11 is 3.45. The van der Waals surface area contributed by atoms with E-state index >= 15 is 0 Å². The summed E-state index contributed by atoms with van der Waals surface area (Å²) in [6.45, 7) is 0. The molecule has 1 fully saturated rings. The van der Waals surface area contributed by atoms with E-state index in [2.05, 4.69) is 37.5 Å². The molecule has 0 amide bonds. The molecule has 1 saturated heterocycles. The summed E-state index contributed by atoms with van der Waals surface area (Å²) in [7, 11) is 4.16. The standard InChI is InChI=1S/C8H15BrS2/c9-6-3-1-2-4-8-5-7-10-11-8/h8H,1-7H2. The Bertz CT molecular complexity index is 92.1. The van der Waals surface area contributed by atoms with Crippen molar-refractivity contribution in [1.82, 2.24) is 0 Å². The van der Waals surface area contributed by atoms with Gasteiger partial charge in [0.05, 0.1) is 0 Å². The van der Waals surface area contributed by atoms with Crippen LogP contribution in [0.1, 0.15) is 32.1 Å². The van der Waals surface area contributed by atoms with Crippen LogP contribution in [0, 0.1) is 0 Å². The molecule has 1 aliphatic heterocycles. The lowest BCUT2D eigenvalue weighted by atomic mass is 10.1. The van der Waals surface area contributed by atoms with E-state index in [0.29, 0.717) is 0 Å². The van der Waals surface area contributed by atoms with Gasteiger partial charge in [-0.05, 0) is 19.3 Å². The van der Waals surface area contributed by atoms with Gasteiger partial charge in [-0.25, -0.2) is 0 Å². The van der Waals surface area contributed by atoms with Gasteiger partial charge in [-0.3, -0.25) is 0 Å². The number of unbranched alkanes of at least 4 members (excludes halogenated alkanes) is 2. The summed E-state index contributed by atoms with van der Waals surface area (Å²) in [6.07, 6.45) is 7.09. The summed E-state index contributed by atoms with van der Waals surface area (Å²) in [6, 6.07) is 0. The zero-order chi connectivity index (χ0) is 7.94. The molecule has 66 valence electrons. The Morgan fingerprint density at radius 2 is 2.18 bits per heavy atom. The first-order valence-corrected chi connectivity index (χ1v) is 7.78. The van der Waals surface area contributed by atoms with Gasteiger partial charge < -0.3 is 0 Å². The lowest BCUT2D eigenvalue weighted by Gasteiger charge is -2.05. The summed E-state index contributed by atoms with van der Waals surface area (Å²) in [4.78, 5) is 0. The van der Waals surface area contributed by atoms with Gasteiger partial charge in [-0.1, -0.05) is 50.4 Å². The van der Waals surface area contributed by atoms with Crippen LogP contribution < -0.4 is 0 Å². The highest BCUT2D eigenvalue weighted by Gasteiger charge is 2.15. The fourth-order valence-electron chi connectivity index (χ4n) is 1.21. The van der Waals surface area contributed by atoms with Gasteiger partial charge in [0.1, 0.15) is 0 Å². The van der Waals surface area contributed by atoms with E-state index in [9.17, 15) is 0 Å². The third-order valence-electron chi connectivity index (χ3n) is 1.89. The van der Waals surface area contributed by atoms with Crippen molar-refractivity contribution in [1.29, 1.82) is 0 Å². The van der Waals surface area contributed by atoms with Crippen molar-refractivity contribution in [2.24, 2.45) is 0 Å². The van der Waals surface area contributed by atoms with E-state index in [0.717, 1.165) is 5.25 Å². The molecule has 0 aromatic heterocycles. The van der Waals surface area contributed by atoms with Crippen LogP contribution in [0.15, 0.2) is 0 Å². The Kier molecular flexibility index (Phi) is 6.22. The molecule has 0 N–H and O–H groups in total. The minimum absolute atomic E-state index is 0.982. The van der Waals surface area contributed by atoms with Crippen LogP contribution in [0.4, 0.5) is 0 Å². The minimum Gasteiger partial charge on any atom is -0.0938 e. The molecule has 1 rings (SSSR count). The van der Waals surface area contributed by atoms with Crippen molar-refractivity contribution in [3.63, 3.8) is 0 Å². The minimum atomic E-state index is 0.982. The van der Waals surface area contributed by atoms with Crippen LogP contribution in [-0.2, 0) is 0 Å². The molecule has 1 unspecified atom stereocenters. The van der Waals surface area contributed by atoms with Gasteiger partial charge in [-0.2, -0.15) is 0 Å². The van der Waals surface area contributed by atoms with Gasteiger partial charge in [0, 0.05) is 16.3 Å². The van der Waals surface area contributed by atoms with Crippen molar-refractivity contribution in [2.45, 2.75) is 37.4 Å². The van der Waals surface area contributed by atoms with Crippen molar-refractivity contribution in [2.75, 3.05) is 11.1 Å². The molecule has 0 spiro atoms. The second-order valence-corrected chi connectivity index (χ2v) is 6.45. The Hall–Kier alpha value is 1.18. The molecule has 0 radical (unpaired) electrons. The lowest BCUT2D eigenvalue weighted by molar-refractivity contribution is 0.645. The molecule has 0 nitrogen and oxygen atoms in total. The lowest BCUT2D eigenvalue weighted by Crippen LogP contribution is -1.96. The monoisotopic (exact) mass is 254 g/mol. The number of halogens is 1. The van der Waals surface area contributed by atoms with E-state index in [-0.39, 0.29) is 0 Å². The largest absolute Gasteiger partial charge is 0.0938 e. The Morgan fingerprint density at radius 3 is 2.82 bits per heavy atom. The van der Waals surface area contributed by atoms with E-state index < -0.39 is 0 Å². The second-order valence-electron chi connectivity index (χ2n) is 2.87. The number of hydrogen-bond acceptors (Lipinski definition) is 2. The maximum Gasteiger partial charge on any atom is 0.0159 e. The second kappa shape index (κ2) is 6.67. The highest BCUT2D eigenvalue weighted by Crippen LogP contribution is 2.39. The average molecular weight is 255 g/mol. The quantitative estimate of drug-likeness (QED) is 0.412. The van der Waals surface area contributed by atoms with Crippen LogP contribution >= 0.6 is 37.5 Å². The van der Waals surface area contributed by atoms with Crippen LogP contribution in [0.25, 0.3) is 0 Å². The predicted molar refractivity (Wildman–Crippen MR) is 60.7 cm³/mol. The molecule has 1 heterocycles. The summed E-state index contributed by atoms with van der Waals surface area (Å²) in [5.74, 6) is 1.38. The van der Waals surface area contributed by atoms with Crippen molar-refractivity contribution in [3.8, 4) is 0 Å². The van der Waals surface area contributed by atoms with Gasteiger partial charge in [-0.15, -0.1) is 0 Å². The first-order chi connectivity index (χ1) is 5.43. The number of alkyl halides is 1. The SMILES string of the molecule is BrCCCCCC1CCSS1. The van der Waals surface area contributed by atoms with Crippen molar-refractivity contribution >= 4 is 37.5 Å². The average Bonchev–Trinajstić information content (AvgIpc) is 2.50. The van der Waals surface area contributed by atoms with Crippen LogP contribution in [0.5, 0.6) is 0 Å². The summed E-state index contributed by atoms with van der Waals surface area (Å²) in [5, 5.41) is 2.16. The molecule has 0 saturated carbocycles. The molecule has 11 heavy (non-hydrogen) atoms. The first-order valence-electron chi connectivity index (χ1n) is 4.27. The molecule has 1 atom stereocenters. The molecule has 0 bridgehead atoms. The maximum absolute atomic E-state index is 3.45.